The zero-order valence-electron chi connectivity index (χ0n) is 11.9. The fourth-order valence-corrected chi connectivity index (χ4v) is 2.47. The predicted octanol–water partition coefficient (Wildman–Crippen LogP) is 1.42. The Labute approximate surface area is 119 Å². The second-order valence-electron chi connectivity index (χ2n) is 5.00. The van der Waals surface area contributed by atoms with Crippen LogP contribution in [0.3, 0.4) is 0 Å². The van der Waals surface area contributed by atoms with Crippen molar-refractivity contribution in [2.75, 3.05) is 26.8 Å². The number of methoxy groups -OCH3 is 1. The molecular weight excluding hydrogens is 256 g/mol. The van der Waals surface area contributed by atoms with Crippen LogP contribution < -0.4 is 20.5 Å². The van der Waals surface area contributed by atoms with E-state index in [4.69, 9.17) is 15.2 Å². The number of hydrogen-bond acceptors (Lipinski definition) is 4. The van der Waals surface area contributed by atoms with E-state index in [0.29, 0.717) is 17.4 Å². The first-order valence-corrected chi connectivity index (χ1v) is 7.00. The lowest BCUT2D eigenvalue weighted by molar-refractivity contribution is -0.118. The van der Waals surface area contributed by atoms with E-state index < -0.39 is 0 Å². The Morgan fingerprint density at radius 3 is 2.75 bits per heavy atom. The molecule has 0 unspecified atom stereocenters. The molecular formula is C15H22N2O3. The summed E-state index contributed by atoms with van der Waals surface area (Å²) in [6.07, 6.45) is 2.50. The maximum absolute atomic E-state index is 10.7. The molecule has 1 aliphatic heterocycles. The average molecular weight is 278 g/mol. The molecule has 1 aromatic rings. The monoisotopic (exact) mass is 278 g/mol. The lowest BCUT2D eigenvalue weighted by atomic mass is 9.90. The molecule has 1 amide bonds. The highest BCUT2D eigenvalue weighted by Crippen LogP contribution is 2.33. The Kier molecular flexibility index (Phi) is 5.24. The third kappa shape index (κ3) is 3.87. The summed E-state index contributed by atoms with van der Waals surface area (Å²) in [6, 6.07) is 6.03. The van der Waals surface area contributed by atoms with E-state index in [9.17, 15) is 4.79 Å². The highest BCUT2D eigenvalue weighted by atomic mass is 16.5. The third-order valence-electron chi connectivity index (χ3n) is 3.60. The van der Waals surface area contributed by atoms with Gasteiger partial charge in [0.25, 0.3) is 0 Å². The van der Waals surface area contributed by atoms with Crippen molar-refractivity contribution in [1.82, 2.24) is 5.32 Å². The lowest BCUT2D eigenvalue weighted by Gasteiger charge is -2.23. The minimum Gasteiger partial charge on any atom is -0.493 e. The minimum absolute atomic E-state index is 0.208. The number of carbonyl (C=O) groups is 1. The Balaban J connectivity index is 2.04. The Bertz CT molecular complexity index is 456. The molecule has 1 aromatic carbocycles. The van der Waals surface area contributed by atoms with Crippen LogP contribution in [0.5, 0.6) is 11.5 Å². The molecule has 0 aliphatic carbocycles. The van der Waals surface area contributed by atoms with Crippen molar-refractivity contribution in [2.45, 2.75) is 25.2 Å². The van der Waals surface area contributed by atoms with Gasteiger partial charge in [0.1, 0.15) is 0 Å². The maximum Gasteiger partial charge on any atom is 0.220 e. The normalized spacial score (nSPS) is 15.8. The van der Waals surface area contributed by atoms with Crippen LogP contribution >= 0.6 is 0 Å². The van der Waals surface area contributed by atoms with Crippen LogP contribution in [-0.4, -0.2) is 32.7 Å². The Morgan fingerprint density at radius 2 is 2.10 bits per heavy atom. The number of benzene rings is 1. The first kappa shape index (κ1) is 14.7. The smallest absolute Gasteiger partial charge is 0.220 e. The Morgan fingerprint density at radius 1 is 1.35 bits per heavy atom. The molecule has 2 rings (SSSR count). The van der Waals surface area contributed by atoms with Crippen LogP contribution in [0.25, 0.3) is 0 Å². The molecule has 1 saturated heterocycles. The van der Waals surface area contributed by atoms with Crippen LogP contribution in [0.4, 0.5) is 0 Å². The summed E-state index contributed by atoms with van der Waals surface area (Å²) in [5, 5.41) is 3.36. The van der Waals surface area contributed by atoms with Gasteiger partial charge in [0.05, 0.1) is 20.1 Å². The summed E-state index contributed by atoms with van der Waals surface area (Å²) in [5.74, 6) is 1.58. The molecule has 1 aliphatic rings. The van der Waals surface area contributed by atoms with Crippen molar-refractivity contribution in [3.63, 3.8) is 0 Å². The van der Waals surface area contributed by atoms with Gasteiger partial charge in [-0.3, -0.25) is 4.79 Å². The van der Waals surface area contributed by atoms with Crippen LogP contribution in [0.2, 0.25) is 0 Å². The summed E-state index contributed by atoms with van der Waals surface area (Å²) < 4.78 is 10.9. The van der Waals surface area contributed by atoms with Gasteiger partial charge in [-0.05, 0) is 49.5 Å². The van der Waals surface area contributed by atoms with E-state index in [0.717, 1.165) is 25.9 Å². The number of nitrogens with one attached hydrogen (secondary N) is 1. The summed E-state index contributed by atoms with van der Waals surface area (Å²) in [4.78, 5) is 10.7. The van der Waals surface area contributed by atoms with Crippen molar-refractivity contribution in [3.8, 4) is 11.5 Å². The summed E-state index contributed by atoms with van der Waals surface area (Å²) in [7, 11) is 1.63. The number of ether oxygens (including phenoxy) is 2. The van der Waals surface area contributed by atoms with Gasteiger partial charge in [0.15, 0.2) is 11.5 Å². The van der Waals surface area contributed by atoms with Crippen LogP contribution in [-0.2, 0) is 4.79 Å². The second-order valence-corrected chi connectivity index (χ2v) is 5.00. The van der Waals surface area contributed by atoms with E-state index in [1.165, 1.54) is 5.56 Å². The van der Waals surface area contributed by atoms with Gasteiger partial charge < -0.3 is 20.5 Å². The standard InChI is InChI=1S/C15H22N2O3/c1-19-14-10-12(11-4-7-17-8-5-11)2-3-13(14)20-9-6-15(16)18/h2-3,10-11,17H,4-9H2,1H3,(H2,16,18). The fourth-order valence-electron chi connectivity index (χ4n) is 2.47. The van der Waals surface area contributed by atoms with Crippen LogP contribution in [0.15, 0.2) is 18.2 Å². The van der Waals surface area contributed by atoms with E-state index in [1.807, 2.05) is 12.1 Å². The second kappa shape index (κ2) is 7.14. The van der Waals surface area contributed by atoms with Gasteiger partial charge in [-0.15, -0.1) is 0 Å². The van der Waals surface area contributed by atoms with Crippen molar-refractivity contribution in [1.29, 1.82) is 0 Å². The number of primary amides is 1. The topological polar surface area (TPSA) is 73.6 Å². The number of piperidine rings is 1. The van der Waals surface area contributed by atoms with Crippen molar-refractivity contribution in [3.05, 3.63) is 23.8 Å². The lowest BCUT2D eigenvalue weighted by Crippen LogP contribution is -2.26. The first-order valence-electron chi connectivity index (χ1n) is 7.00. The van der Waals surface area contributed by atoms with E-state index in [2.05, 4.69) is 11.4 Å². The van der Waals surface area contributed by atoms with Gasteiger partial charge >= 0.3 is 0 Å². The van der Waals surface area contributed by atoms with Gasteiger partial charge in [0, 0.05) is 0 Å². The fraction of sp³-hybridized carbons (Fsp3) is 0.533. The molecule has 0 bridgehead atoms. The average Bonchev–Trinajstić information content (AvgIpc) is 2.48. The van der Waals surface area contributed by atoms with Gasteiger partial charge in [-0.1, -0.05) is 6.07 Å². The molecule has 0 atom stereocenters. The molecule has 5 nitrogen and oxygen atoms in total. The van der Waals surface area contributed by atoms with Crippen LogP contribution in [0, 0.1) is 0 Å². The zero-order chi connectivity index (χ0) is 14.4. The molecule has 20 heavy (non-hydrogen) atoms. The molecule has 110 valence electrons. The summed E-state index contributed by atoms with van der Waals surface area (Å²) in [5.41, 5.74) is 6.38. The third-order valence-corrected chi connectivity index (χ3v) is 3.60. The van der Waals surface area contributed by atoms with Crippen molar-refractivity contribution in [2.24, 2.45) is 5.73 Å². The molecule has 1 fully saturated rings. The van der Waals surface area contributed by atoms with Gasteiger partial charge in [0.2, 0.25) is 5.91 Å². The first-order chi connectivity index (χ1) is 9.70. The molecule has 0 aromatic heterocycles. The number of amides is 1. The highest BCUT2D eigenvalue weighted by Gasteiger charge is 2.17. The number of nitrogens with two attached hydrogens (primary N) is 1. The van der Waals surface area contributed by atoms with Gasteiger partial charge in [-0.2, -0.15) is 0 Å². The maximum atomic E-state index is 10.7. The summed E-state index contributed by atoms with van der Waals surface area (Å²) >= 11 is 0. The molecule has 0 radical (unpaired) electrons. The predicted molar refractivity (Wildman–Crippen MR) is 77.1 cm³/mol. The molecule has 0 saturated carbocycles. The van der Waals surface area contributed by atoms with E-state index in [1.54, 1.807) is 7.11 Å². The SMILES string of the molecule is COc1cc(C2CCNCC2)ccc1OCCC(N)=O. The number of carbonyl (C=O) groups excluding carboxylic acids is 1. The summed E-state index contributed by atoms with van der Waals surface area (Å²) in [6.45, 7) is 2.39. The molecule has 5 heteroatoms. The van der Waals surface area contributed by atoms with E-state index in [-0.39, 0.29) is 18.9 Å². The van der Waals surface area contributed by atoms with Crippen LogP contribution in [0.1, 0.15) is 30.7 Å². The van der Waals surface area contributed by atoms with E-state index >= 15 is 0 Å². The van der Waals surface area contributed by atoms with Gasteiger partial charge in [-0.25, -0.2) is 0 Å². The largest absolute Gasteiger partial charge is 0.493 e. The molecule has 0 spiro atoms. The highest BCUT2D eigenvalue weighted by molar-refractivity contribution is 5.73. The molecule has 3 N–H and O–H groups in total. The van der Waals surface area contributed by atoms with Crippen molar-refractivity contribution >= 4 is 5.91 Å². The van der Waals surface area contributed by atoms with Crippen molar-refractivity contribution < 1.29 is 14.3 Å². The molecule has 1 heterocycles. The number of hydrogen-bond donors (Lipinski definition) is 2. The quantitative estimate of drug-likeness (QED) is 0.825. The number of rotatable bonds is 6. The Hall–Kier alpha value is -1.75. The minimum atomic E-state index is -0.365. The zero-order valence-corrected chi connectivity index (χ0v) is 11.9.